The van der Waals surface area contributed by atoms with E-state index >= 15 is 0 Å². The highest BCUT2D eigenvalue weighted by molar-refractivity contribution is 5.95. The molecule has 1 unspecified atom stereocenters. The van der Waals surface area contributed by atoms with Crippen LogP contribution in [0, 0.1) is 6.92 Å². The molecule has 0 aliphatic carbocycles. The van der Waals surface area contributed by atoms with Crippen molar-refractivity contribution < 1.29 is 27.5 Å². The lowest BCUT2D eigenvalue weighted by Gasteiger charge is -2.16. The molecule has 1 aromatic heterocycles. The number of para-hydroxylation sites is 2. The highest BCUT2D eigenvalue weighted by Gasteiger charge is 2.18. The van der Waals surface area contributed by atoms with E-state index in [-0.39, 0.29) is 11.4 Å². The molecule has 6 nitrogen and oxygen atoms in total. The van der Waals surface area contributed by atoms with Gasteiger partial charge in [0.05, 0.1) is 5.69 Å². The van der Waals surface area contributed by atoms with Crippen molar-refractivity contribution in [1.82, 2.24) is 0 Å². The Morgan fingerprint density at radius 2 is 1.86 bits per heavy atom. The average Bonchev–Trinajstić information content (AvgIpc) is 2.62. The molecule has 1 atom stereocenters. The van der Waals surface area contributed by atoms with E-state index in [0.717, 1.165) is 10.9 Å². The molecule has 146 valence electrons. The smallest absolute Gasteiger partial charge is 0.387 e. The first kappa shape index (κ1) is 19.3. The summed E-state index contributed by atoms with van der Waals surface area (Å²) in [5.74, 6) is -0.391. The monoisotopic (exact) mass is 389 g/mol. The predicted octanol–water partition coefficient (Wildman–Crippen LogP) is 4.11. The number of carbonyl (C=O) groups is 1. The van der Waals surface area contributed by atoms with E-state index in [4.69, 9.17) is 9.15 Å². The van der Waals surface area contributed by atoms with Crippen molar-refractivity contribution in [3.05, 3.63) is 64.5 Å². The summed E-state index contributed by atoms with van der Waals surface area (Å²) < 4.78 is 40.1. The molecule has 0 fully saturated rings. The highest BCUT2D eigenvalue weighted by atomic mass is 19.3. The van der Waals surface area contributed by atoms with E-state index in [1.165, 1.54) is 37.3 Å². The van der Waals surface area contributed by atoms with Crippen molar-refractivity contribution in [2.45, 2.75) is 26.6 Å². The SMILES string of the molecule is Cc1cc(=O)oc2cc(OC(C)C(=O)Nc3ccccc3OC(F)F)ccc12. The van der Waals surface area contributed by atoms with Gasteiger partial charge in [-0.25, -0.2) is 4.79 Å². The number of halogens is 2. The van der Waals surface area contributed by atoms with Gasteiger partial charge in [-0.3, -0.25) is 4.79 Å². The lowest BCUT2D eigenvalue weighted by atomic mass is 10.1. The molecule has 0 bridgehead atoms. The molecule has 1 amide bonds. The van der Waals surface area contributed by atoms with E-state index in [2.05, 4.69) is 10.1 Å². The van der Waals surface area contributed by atoms with Gasteiger partial charge in [0.1, 0.15) is 17.1 Å². The molecule has 1 N–H and O–H groups in total. The molecule has 1 heterocycles. The van der Waals surface area contributed by atoms with Gasteiger partial charge >= 0.3 is 12.2 Å². The van der Waals surface area contributed by atoms with Gasteiger partial charge in [0.25, 0.3) is 5.91 Å². The van der Waals surface area contributed by atoms with E-state index in [1.807, 2.05) is 0 Å². The number of nitrogens with one attached hydrogen (secondary N) is 1. The third-order valence-corrected chi connectivity index (χ3v) is 3.97. The normalized spacial score (nSPS) is 12.0. The predicted molar refractivity (Wildman–Crippen MR) is 99.0 cm³/mol. The minimum absolute atomic E-state index is 0.100. The van der Waals surface area contributed by atoms with Gasteiger partial charge in [-0.1, -0.05) is 12.1 Å². The van der Waals surface area contributed by atoms with Gasteiger partial charge in [0.15, 0.2) is 6.10 Å². The molecule has 0 aliphatic heterocycles. The summed E-state index contributed by atoms with van der Waals surface area (Å²) in [5.41, 5.74) is 0.719. The van der Waals surface area contributed by atoms with Gasteiger partial charge in [0, 0.05) is 17.5 Å². The number of rotatable bonds is 6. The van der Waals surface area contributed by atoms with Crippen LogP contribution in [0.1, 0.15) is 12.5 Å². The fourth-order valence-electron chi connectivity index (χ4n) is 2.64. The third kappa shape index (κ3) is 4.46. The van der Waals surface area contributed by atoms with E-state index < -0.39 is 24.2 Å². The Kier molecular flexibility index (Phi) is 5.58. The Bertz CT molecular complexity index is 1060. The number of ether oxygens (including phenoxy) is 2. The van der Waals surface area contributed by atoms with Crippen LogP contribution in [0.3, 0.4) is 0 Å². The van der Waals surface area contributed by atoms with Crippen LogP contribution in [0.25, 0.3) is 11.0 Å². The Morgan fingerprint density at radius 1 is 1.11 bits per heavy atom. The quantitative estimate of drug-likeness (QED) is 0.642. The van der Waals surface area contributed by atoms with Gasteiger partial charge in [-0.05, 0) is 43.7 Å². The van der Waals surface area contributed by atoms with Crippen LogP contribution >= 0.6 is 0 Å². The Labute approximate surface area is 158 Å². The number of hydrogen-bond donors (Lipinski definition) is 1. The molecular formula is C20H17F2NO5. The van der Waals surface area contributed by atoms with Gasteiger partial charge in [-0.15, -0.1) is 0 Å². The fraction of sp³-hybridized carbons (Fsp3) is 0.200. The van der Waals surface area contributed by atoms with E-state index in [1.54, 1.807) is 25.1 Å². The zero-order valence-electron chi connectivity index (χ0n) is 15.1. The molecule has 0 radical (unpaired) electrons. The van der Waals surface area contributed by atoms with E-state index in [9.17, 15) is 18.4 Å². The van der Waals surface area contributed by atoms with Crippen LogP contribution in [0.15, 0.2) is 57.7 Å². The number of hydrogen-bond acceptors (Lipinski definition) is 5. The first-order valence-corrected chi connectivity index (χ1v) is 8.39. The zero-order chi connectivity index (χ0) is 20.3. The average molecular weight is 389 g/mol. The minimum atomic E-state index is -3.01. The number of benzene rings is 2. The summed E-state index contributed by atoms with van der Waals surface area (Å²) in [7, 11) is 0. The molecule has 0 spiro atoms. The van der Waals surface area contributed by atoms with Crippen LogP contribution < -0.4 is 20.4 Å². The third-order valence-electron chi connectivity index (χ3n) is 3.97. The number of amides is 1. The van der Waals surface area contributed by atoms with Crippen molar-refractivity contribution in [3.8, 4) is 11.5 Å². The molecule has 3 aromatic rings. The summed E-state index contributed by atoms with van der Waals surface area (Å²) in [6.45, 7) is 0.277. The highest BCUT2D eigenvalue weighted by Crippen LogP contribution is 2.26. The molecule has 0 aliphatic rings. The fourth-order valence-corrected chi connectivity index (χ4v) is 2.64. The van der Waals surface area contributed by atoms with Crippen molar-refractivity contribution in [1.29, 1.82) is 0 Å². The molecule has 0 saturated carbocycles. The Balaban J connectivity index is 1.74. The summed E-state index contributed by atoms with van der Waals surface area (Å²) in [4.78, 5) is 23.9. The van der Waals surface area contributed by atoms with Crippen LogP contribution in [-0.2, 0) is 4.79 Å². The maximum absolute atomic E-state index is 12.5. The second-order valence-electron chi connectivity index (χ2n) is 6.03. The number of aryl methyl sites for hydroxylation is 1. The molecule has 2 aromatic carbocycles. The van der Waals surface area contributed by atoms with Crippen LogP contribution in [-0.4, -0.2) is 18.6 Å². The summed E-state index contributed by atoms with van der Waals surface area (Å²) in [6, 6.07) is 12.1. The standard InChI is InChI=1S/C20H17F2NO5/c1-11-9-18(24)27-17-10-13(7-8-14(11)17)26-12(2)19(25)23-15-5-3-4-6-16(15)28-20(21)22/h3-10,12,20H,1-2H3,(H,23,25). The van der Waals surface area contributed by atoms with E-state index in [0.29, 0.717) is 11.3 Å². The van der Waals surface area contributed by atoms with Crippen LogP contribution in [0.4, 0.5) is 14.5 Å². The van der Waals surface area contributed by atoms with Gasteiger partial charge < -0.3 is 19.2 Å². The second kappa shape index (κ2) is 8.08. The molecule has 3 rings (SSSR count). The molecule has 8 heteroatoms. The van der Waals surface area contributed by atoms with Crippen molar-refractivity contribution in [2.24, 2.45) is 0 Å². The number of anilines is 1. The van der Waals surface area contributed by atoms with Crippen molar-refractivity contribution in [2.75, 3.05) is 5.32 Å². The van der Waals surface area contributed by atoms with Gasteiger partial charge in [0.2, 0.25) is 0 Å². The number of fused-ring (bicyclic) bond motifs is 1. The summed E-state index contributed by atoms with van der Waals surface area (Å²) in [5, 5.41) is 3.25. The molecule has 0 saturated heterocycles. The van der Waals surface area contributed by atoms with Crippen molar-refractivity contribution >= 4 is 22.6 Å². The summed E-state index contributed by atoms with van der Waals surface area (Å²) >= 11 is 0. The number of alkyl halides is 2. The topological polar surface area (TPSA) is 77.8 Å². The molecule has 28 heavy (non-hydrogen) atoms. The van der Waals surface area contributed by atoms with Crippen molar-refractivity contribution in [3.63, 3.8) is 0 Å². The Hall–Kier alpha value is -3.42. The molecular weight excluding hydrogens is 372 g/mol. The largest absolute Gasteiger partial charge is 0.481 e. The lowest BCUT2D eigenvalue weighted by Crippen LogP contribution is -2.30. The Morgan fingerprint density at radius 3 is 2.61 bits per heavy atom. The second-order valence-corrected chi connectivity index (χ2v) is 6.03. The summed E-state index contributed by atoms with van der Waals surface area (Å²) in [6.07, 6.45) is -0.950. The zero-order valence-corrected chi connectivity index (χ0v) is 15.1. The number of carbonyl (C=O) groups excluding carboxylic acids is 1. The maximum Gasteiger partial charge on any atom is 0.387 e. The first-order valence-electron chi connectivity index (χ1n) is 8.39. The van der Waals surface area contributed by atoms with Crippen LogP contribution in [0.5, 0.6) is 11.5 Å². The lowest BCUT2D eigenvalue weighted by molar-refractivity contribution is -0.122. The minimum Gasteiger partial charge on any atom is -0.481 e. The first-order chi connectivity index (χ1) is 13.3. The van der Waals surface area contributed by atoms with Crippen LogP contribution in [0.2, 0.25) is 0 Å². The maximum atomic E-state index is 12.5. The van der Waals surface area contributed by atoms with Gasteiger partial charge in [-0.2, -0.15) is 8.78 Å².